The molecule has 0 aliphatic carbocycles. The summed E-state index contributed by atoms with van der Waals surface area (Å²) in [6, 6.07) is 13.8. The van der Waals surface area contributed by atoms with Crippen LogP contribution in [0.1, 0.15) is 18.4 Å². The fourth-order valence-corrected chi connectivity index (χ4v) is 4.70. The Morgan fingerprint density at radius 3 is 2.62 bits per heavy atom. The van der Waals surface area contributed by atoms with Crippen molar-refractivity contribution < 1.29 is 9.13 Å². The minimum absolute atomic E-state index is 0.179. The molecule has 4 nitrogen and oxygen atoms in total. The molecule has 0 N–H and O–H groups in total. The molecular formula is C23H29ClFN3O. The zero-order chi connectivity index (χ0) is 20.2. The van der Waals surface area contributed by atoms with E-state index in [1.165, 1.54) is 18.2 Å². The molecule has 0 unspecified atom stereocenters. The molecule has 29 heavy (non-hydrogen) atoms. The fourth-order valence-electron chi connectivity index (χ4n) is 4.52. The lowest BCUT2D eigenvalue weighted by molar-refractivity contribution is 0.0881. The lowest BCUT2D eigenvalue weighted by Gasteiger charge is -2.44. The van der Waals surface area contributed by atoms with Crippen LogP contribution < -0.4 is 9.64 Å². The van der Waals surface area contributed by atoms with Crippen molar-refractivity contribution in [1.29, 1.82) is 0 Å². The lowest BCUT2D eigenvalue weighted by Crippen LogP contribution is -2.55. The first-order valence-electron chi connectivity index (χ1n) is 10.4. The van der Waals surface area contributed by atoms with Crippen molar-refractivity contribution >= 4 is 17.3 Å². The number of piperidine rings is 1. The molecule has 0 radical (unpaired) electrons. The van der Waals surface area contributed by atoms with E-state index in [2.05, 4.69) is 20.8 Å². The first kappa shape index (κ1) is 20.5. The maximum absolute atomic E-state index is 14.3. The second-order valence-corrected chi connectivity index (χ2v) is 8.43. The average molecular weight is 418 g/mol. The molecule has 2 saturated heterocycles. The highest BCUT2D eigenvalue weighted by atomic mass is 35.5. The van der Waals surface area contributed by atoms with Crippen molar-refractivity contribution in [3.05, 3.63) is 58.9 Å². The van der Waals surface area contributed by atoms with Gasteiger partial charge in [-0.05, 0) is 43.7 Å². The molecule has 156 valence electrons. The SMILES string of the molecule is COc1ccc(CN2CCC[C@@H](N3CCN(c4cccc(Cl)c4)CC3)C2)c(F)c1. The van der Waals surface area contributed by atoms with E-state index in [1.54, 1.807) is 7.11 Å². The number of ether oxygens (including phenoxy) is 1. The van der Waals surface area contributed by atoms with Gasteiger partial charge in [-0.3, -0.25) is 9.80 Å². The summed E-state index contributed by atoms with van der Waals surface area (Å²) >= 11 is 6.15. The number of rotatable bonds is 5. The van der Waals surface area contributed by atoms with Crippen molar-refractivity contribution in [3.8, 4) is 5.75 Å². The van der Waals surface area contributed by atoms with E-state index in [0.29, 0.717) is 18.3 Å². The topological polar surface area (TPSA) is 19.0 Å². The molecule has 2 heterocycles. The summed E-state index contributed by atoms with van der Waals surface area (Å²) in [4.78, 5) is 7.41. The minimum Gasteiger partial charge on any atom is -0.497 e. The Labute approximate surface area is 177 Å². The van der Waals surface area contributed by atoms with Gasteiger partial charge >= 0.3 is 0 Å². The van der Waals surface area contributed by atoms with E-state index >= 15 is 0 Å². The highest BCUT2D eigenvalue weighted by Gasteiger charge is 2.28. The number of hydrogen-bond acceptors (Lipinski definition) is 4. The van der Waals surface area contributed by atoms with Gasteiger partial charge in [-0.1, -0.05) is 23.7 Å². The lowest BCUT2D eigenvalue weighted by atomic mass is 10.0. The Hall–Kier alpha value is -1.82. The number of nitrogens with zero attached hydrogens (tertiary/aromatic N) is 3. The molecule has 0 bridgehead atoms. The molecule has 1 atom stereocenters. The first-order chi connectivity index (χ1) is 14.1. The van der Waals surface area contributed by atoms with E-state index in [-0.39, 0.29) is 5.82 Å². The number of anilines is 1. The largest absolute Gasteiger partial charge is 0.497 e. The van der Waals surface area contributed by atoms with Crippen LogP contribution in [-0.2, 0) is 6.54 Å². The van der Waals surface area contributed by atoms with Gasteiger partial charge in [0, 0.05) is 67.7 Å². The molecule has 2 aliphatic heterocycles. The predicted octanol–water partition coefficient (Wildman–Crippen LogP) is 4.27. The monoisotopic (exact) mass is 417 g/mol. The third-order valence-corrected chi connectivity index (χ3v) is 6.37. The van der Waals surface area contributed by atoms with Gasteiger partial charge in [0.05, 0.1) is 7.11 Å². The van der Waals surface area contributed by atoms with Crippen molar-refractivity contribution in [2.24, 2.45) is 0 Å². The van der Waals surface area contributed by atoms with Gasteiger partial charge in [0.25, 0.3) is 0 Å². The molecule has 0 aromatic heterocycles. The smallest absolute Gasteiger partial charge is 0.131 e. The van der Waals surface area contributed by atoms with Gasteiger partial charge in [0.15, 0.2) is 0 Å². The quantitative estimate of drug-likeness (QED) is 0.722. The standard InChI is InChI=1S/C23H29ClFN3O/c1-29-22-8-7-18(23(25)15-22)16-26-9-3-6-21(17-26)28-12-10-27(11-13-28)20-5-2-4-19(24)14-20/h2,4-5,7-8,14-15,21H,3,6,9-13,16-17H2,1H3/t21-/m1/s1. The maximum atomic E-state index is 14.3. The second-order valence-electron chi connectivity index (χ2n) is 7.99. The van der Waals surface area contributed by atoms with Gasteiger partial charge in [-0.15, -0.1) is 0 Å². The normalized spacial score (nSPS) is 21.3. The van der Waals surface area contributed by atoms with Crippen molar-refractivity contribution in [3.63, 3.8) is 0 Å². The summed E-state index contributed by atoms with van der Waals surface area (Å²) in [5.74, 6) is 0.391. The zero-order valence-corrected chi connectivity index (χ0v) is 17.7. The molecule has 6 heteroatoms. The van der Waals surface area contributed by atoms with Crippen LogP contribution in [0.3, 0.4) is 0 Å². The predicted molar refractivity (Wildman–Crippen MR) is 116 cm³/mol. The molecular weight excluding hydrogens is 389 g/mol. The molecule has 4 rings (SSSR count). The summed E-state index contributed by atoms with van der Waals surface area (Å²) in [6.07, 6.45) is 2.38. The van der Waals surface area contributed by atoms with E-state index < -0.39 is 0 Å². The highest BCUT2D eigenvalue weighted by Crippen LogP contribution is 2.25. The summed E-state index contributed by atoms with van der Waals surface area (Å²) in [5.41, 5.74) is 1.95. The molecule has 2 aromatic carbocycles. The van der Waals surface area contributed by atoms with Gasteiger partial charge in [-0.25, -0.2) is 4.39 Å². The fraction of sp³-hybridized carbons (Fsp3) is 0.478. The average Bonchev–Trinajstić information content (AvgIpc) is 2.75. The first-order valence-corrected chi connectivity index (χ1v) is 10.8. The maximum Gasteiger partial charge on any atom is 0.131 e. The Kier molecular flexibility index (Phi) is 6.58. The van der Waals surface area contributed by atoms with E-state index in [4.69, 9.17) is 16.3 Å². The van der Waals surface area contributed by atoms with Crippen LogP contribution in [0.5, 0.6) is 5.75 Å². The Morgan fingerprint density at radius 2 is 1.90 bits per heavy atom. The van der Waals surface area contributed by atoms with Crippen LogP contribution in [0.15, 0.2) is 42.5 Å². The van der Waals surface area contributed by atoms with Gasteiger partial charge in [-0.2, -0.15) is 0 Å². The highest BCUT2D eigenvalue weighted by molar-refractivity contribution is 6.30. The molecule has 2 aromatic rings. The Bertz CT molecular complexity index is 826. The summed E-state index contributed by atoms with van der Waals surface area (Å²) in [7, 11) is 1.57. The number of hydrogen-bond donors (Lipinski definition) is 0. The summed E-state index contributed by atoms with van der Waals surface area (Å²) < 4.78 is 19.5. The van der Waals surface area contributed by atoms with Gasteiger partial charge in [0.2, 0.25) is 0 Å². The number of piperazine rings is 1. The van der Waals surface area contributed by atoms with Crippen molar-refractivity contribution in [2.75, 3.05) is 51.3 Å². The van der Waals surface area contributed by atoms with Gasteiger partial charge < -0.3 is 9.64 Å². The van der Waals surface area contributed by atoms with E-state index in [9.17, 15) is 4.39 Å². The van der Waals surface area contributed by atoms with Gasteiger partial charge in [0.1, 0.15) is 11.6 Å². The van der Waals surface area contributed by atoms with E-state index in [0.717, 1.165) is 56.3 Å². The van der Waals surface area contributed by atoms with Crippen molar-refractivity contribution in [2.45, 2.75) is 25.4 Å². The molecule has 2 aliphatic rings. The minimum atomic E-state index is -0.179. The van der Waals surface area contributed by atoms with E-state index in [1.807, 2.05) is 30.3 Å². The number of likely N-dealkylation sites (tertiary alicyclic amines) is 1. The zero-order valence-electron chi connectivity index (χ0n) is 17.0. The van der Waals surface area contributed by atoms with Crippen LogP contribution in [0, 0.1) is 5.82 Å². The third kappa shape index (κ3) is 5.03. The Balaban J connectivity index is 1.32. The Morgan fingerprint density at radius 1 is 1.07 bits per heavy atom. The molecule has 0 spiro atoms. The summed E-state index contributed by atoms with van der Waals surface area (Å²) in [6.45, 7) is 6.85. The van der Waals surface area contributed by atoms with Crippen LogP contribution in [0.25, 0.3) is 0 Å². The molecule has 0 amide bonds. The van der Waals surface area contributed by atoms with Crippen LogP contribution in [0.2, 0.25) is 5.02 Å². The number of benzene rings is 2. The summed E-state index contributed by atoms with van der Waals surface area (Å²) in [5, 5.41) is 0.790. The third-order valence-electron chi connectivity index (χ3n) is 6.14. The molecule has 2 fully saturated rings. The van der Waals surface area contributed by atoms with Crippen LogP contribution in [-0.4, -0.2) is 62.2 Å². The van der Waals surface area contributed by atoms with Crippen molar-refractivity contribution in [1.82, 2.24) is 9.80 Å². The number of methoxy groups -OCH3 is 1. The number of halogens is 2. The van der Waals surface area contributed by atoms with Crippen LogP contribution in [0.4, 0.5) is 10.1 Å². The van der Waals surface area contributed by atoms with Crippen LogP contribution >= 0.6 is 11.6 Å². The second kappa shape index (κ2) is 9.33. The molecule has 0 saturated carbocycles.